The molecule has 0 radical (unpaired) electrons. The monoisotopic (exact) mass is 372 g/mol. The smallest absolute Gasteiger partial charge is 0.336 e. The maximum absolute atomic E-state index is 10.3. The predicted molar refractivity (Wildman–Crippen MR) is 73.1 cm³/mol. The third kappa shape index (κ3) is 6.87. The number of aliphatic carboxylic acids is 3. The predicted octanol–water partition coefficient (Wildman–Crippen LogP) is -4.47. The Morgan fingerprint density at radius 2 is 1.28 bits per heavy atom. The first kappa shape index (κ1) is 23.1. The van der Waals surface area contributed by atoms with Crippen molar-refractivity contribution in [2.75, 3.05) is 6.61 Å². The molecule has 0 amide bonds. The molecule has 9 N–H and O–H groups in total. The van der Waals surface area contributed by atoms with Crippen molar-refractivity contribution in [1.29, 1.82) is 0 Å². The molecule has 25 heavy (non-hydrogen) atoms. The normalized spacial score (nSPS) is 29.3. The third-order valence-corrected chi connectivity index (χ3v) is 3.15. The molecule has 1 aliphatic rings. The average molecular weight is 372 g/mol. The molecular weight excluding hydrogens is 352 g/mol. The van der Waals surface area contributed by atoms with Gasteiger partial charge in [-0.15, -0.1) is 0 Å². The summed E-state index contributed by atoms with van der Waals surface area (Å²) in [4.78, 5) is 30.5. The molecule has 1 fully saturated rings. The van der Waals surface area contributed by atoms with Gasteiger partial charge in [-0.3, -0.25) is 9.59 Å². The van der Waals surface area contributed by atoms with Crippen LogP contribution in [0.4, 0.5) is 0 Å². The molecule has 1 rings (SSSR count). The van der Waals surface area contributed by atoms with E-state index in [2.05, 4.69) is 4.74 Å². The van der Waals surface area contributed by atoms with Gasteiger partial charge in [0, 0.05) is 0 Å². The van der Waals surface area contributed by atoms with Gasteiger partial charge in [0.1, 0.15) is 24.4 Å². The SMILES string of the molecule is O=C(O)CC(O)(CC(=O)O)C(=O)O.OC[C@H]1OC(O)[C@H](O)[C@@H](O)[C@@H]1O. The number of aliphatic hydroxyl groups excluding tert-OH is 5. The Balaban J connectivity index is 0.000000462. The van der Waals surface area contributed by atoms with Crippen LogP contribution in [-0.2, 0) is 19.1 Å². The molecule has 0 spiro atoms. The third-order valence-electron chi connectivity index (χ3n) is 3.15. The summed E-state index contributed by atoms with van der Waals surface area (Å²) in [5.74, 6) is -5.02. The lowest BCUT2D eigenvalue weighted by Crippen LogP contribution is -2.58. The zero-order valence-corrected chi connectivity index (χ0v) is 12.7. The van der Waals surface area contributed by atoms with Gasteiger partial charge in [0.15, 0.2) is 11.9 Å². The molecule has 0 aromatic carbocycles. The second-order valence-corrected chi connectivity index (χ2v) is 5.20. The molecular formula is C12H20O13. The number of carboxylic acids is 3. The van der Waals surface area contributed by atoms with Crippen molar-refractivity contribution in [2.45, 2.75) is 49.1 Å². The number of hydrogen-bond donors (Lipinski definition) is 9. The summed E-state index contributed by atoms with van der Waals surface area (Å²) in [6, 6.07) is 0. The van der Waals surface area contributed by atoms with Crippen molar-refractivity contribution in [3.63, 3.8) is 0 Å². The standard InChI is InChI=1S/C6H8O7.C6H12O6/c7-3(8)1-6(13,5(11)12)2-4(9)10;7-1-2-3(8)4(9)5(10)6(11)12-2/h13H,1-2H2,(H,7,8)(H,9,10)(H,11,12);2-11H,1H2/t;2-,3-,4+,5-,6?/m.1/s1. The van der Waals surface area contributed by atoms with Crippen LogP contribution in [0.3, 0.4) is 0 Å². The lowest BCUT2D eigenvalue weighted by molar-refractivity contribution is -0.286. The summed E-state index contributed by atoms with van der Waals surface area (Å²) in [6.45, 7) is -0.526. The summed E-state index contributed by atoms with van der Waals surface area (Å²) in [5, 5.41) is 78.5. The van der Waals surface area contributed by atoms with Gasteiger partial charge in [-0.05, 0) is 0 Å². The molecule has 13 nitrogen and oxygen atoms in total. The number of hydrogen-bond acceptors (Lipinski definition) is 10. The van der Waals surface area contributed by atoms with E-state index in [0.717, 1.165) is 0 Å². The van der Waals surface area contributed by atoms with E-state index in [-0.39, 0.29) is 0 Å². The minimum atomic E-state index is -2.74. The number of carboxylic acid groups (broad SMARTS) is 3. The molecule has 1 unspecified atom stereocenters. The summed E-state index contributed by atoms with van der Waals surface area (Å²) in [5.41, 5.74) is -2.74. The van der Waals surface area contributed by atoms with Crippen LogP contribution < -0.4 is 0 Å². The van der Waals surface area contributed by atoms with Crippen molar-refractivity contribution < 1.29 is 65.1 Å². The first-order chi connectivity index (χ1) is 11.4. The first-order valence-electron chi connectivity index (χ1n) is 6.73. The van der Waals surface area contributed by atoms with Gasteiger partial charge in [-0.2, -0.15) is 0 Å². The van der Waals surface area contributed by atoms with E-state index < -0.39 is 73.7 Å². The minimum absolute atomic E-state index is 0.526. The lowest BCUT2D eigenvalue weighted by atomic mass is 9.96. The Morgan fingerprint density at radius 3 is 1.60 bits per heavy atom. The summed E-state index contributed by atoms with van der Waals surface area (Å²) >= 11 is 0. The molecule has 0 aromatic heterocycles. The van der Waals surface area contributed by atoms with Crippen molar-refractivity contribution >= 4 is 17.9 Å². The molecule has 1 saturated heterocycles. The Morgan fingerprint density at radius 1 is 0.840 bits per heavy atom. The van der Waals surface area contributed by atoms with Crippen molar-refractivity contribution in [2.24, 2.45) is 0 Å². The van der Waals surface area contributed by atoms with Crippen molar-refractivity contribution in [3.8, 4) is 0 Å². The van der Waals surface area contributed by atoms with Crippen LogP contribution in [0.5, 0.6) is 0 Å². The quantitative estimate of drug-likeness (QED) is 0.214. The zero-order valence-electron chi connectivity index (χ0n) is 12.7. The van der Waals surface area contributed by atoms with Gasteiger partial charge in [0.2, 0.25) is 0 Å². The Labute approximate surface area is 139 Å². The highest BCUT2D eigenvalue weighted by Gasteiger charge is 2.42. The van der Waals surface area contributed by atoms with Crippen molar-refractivity contribution in [3.05, 3.63) is 0 Å². The summed E-state index contributed by atoms with van der Waals surface area (Å²) in [6.07, 6.45) is -9.33. The number of rotatable bonds is 6. The van der Waals surface area contributed by atoms with E-state index in [1.165, 1.54) is 0 Å². The van der Waals surface area contributed by atoms with E-state index in [1.54, 1.807) is 0 Å². The molecule has 146 valence electrons. The lowest BCUT2D eigenvalue weighted by Gasteiger charge is -2.37. The largest absolute Gasteiger partial charge is 0.481 e. The van der Waals surface area contributed by atoms with Gasteiger partial charge in [0.05, 0.1) is 19.4 Å². The summed E-state index contributed by atoms with van der Waals surface area (Å²) in [7, 11) is 0. The van der Waals surface area contributed by atoms with Crippen LogP contribution in [0.1, 0.15) is 12.8 Å². The molecule has 0 saturated carbocycles. The van der Waals surface area contributed by atoms with E-state index in [0.29, 0.717) is 0 Å². The van der Waals surface area contributed by atoms with Gasteiger partial charge >= 0.3 is 17.9 Å². The Hall–Kier alpha value is -1.87. The maximum atomic E-state index is 10.3. The molecule has 1 aliphatic heterocycles. The fraction of sp³-hybridized carbons (Fsp3) is 0.750. The van der Waals surface area contributed by atoms with Crippen molar-refractivity contribution in [1.82, 2.24) is 0 Å². The van der Waals surface area contributed by atoms with E-state index in [9.17, 15) is 14.4 Å². The van der Waals surface area contributed by atoms with Gasteiger partial charge < -0.3 is 50.7 Å². The molecule has 0 aromatic rings. The number of ether oxygens (including phenoxy) is 1. The fourth-order valence-electron chi connectivity index (χ4n) is 1.80. The second-order valence-electron chi connectivity index (χ2n) is 5.20. The highest BCUT2D eigenvalue weighted by atomic mass is 16.6. The van der Waals surface area contributed by atoms with Crippen LogP contribution in [-0.4, -0.2) is 107 Å². The highest BCUT2D eigenvalue weighted by Crippen LogP contribution is 2.19. The molecule has 0 bridgehead atoms. The van der Waals surface area contributed by atoms with E-state index in [1.807, 2.05) is 0 Å². The minimum Gasteiger partial charge on any atom is -0.481 e. The van der Waals surface area contributed by atoms with E-state index >= 15 is 0 Å². The maximum Gasteiger partial charge on any atom is 0.336 e. The van der Waals surface area contributed by atoms with Crippen LogP contribution in [0.15, 0.2) is 0 Å². The highest BCUT2D eigenvalue weighted by molar-refractivity contribution is 5.88. The molecule has 13 heteroatoms. The van der Waals surface area contributed by atoms with Gasteiger partial charge in [-0.25, -0.2) is 4.79 Å². The number of aliphatic hydroxyl groups is 6. The Bertz CT molecular complexity index is 457. The molecule has 0 aliphatic carbocycles. The van der Waals surface area contributed by atoms with E-state index in [4.69, 9.17) is 46.0 Å². The second kappa shape index (κ2) is 9.57. The van der Waals surface area contributed by atoms with Crippen LogP contribution in [0.25, 0.3) is 0 Å². The van der Waals surface area contributed by atoms with Crippen LogP contribution >= 0.6 is 0 Å². The summed E-state index contributed by atoms with van der Waals surface area (Å²) < 4.78 is 4.58. The van der Waals surface area contributed by atoms with Gasteiger partial charge in [0.25, 0.3) is 0 Å². The van der Waals surface area contributed by atoms with Crippen LogP contribution in [0, 0.1) is 0 Å². The average Bonchev–Trinajstić information content (AvgIpc) is 2.47. The molecule has 1 heterocycles. The number of carbonyl (C=O) groups is 3. The topological polar surface area (TPSA) is 243 Å². The zero-order chi connectivity index (χ0) is 19.9. The Kier molecular flexibility index (Phi) is 8.86. The molecule has 5 atom stereocenters. The van der Waals surface area contributed by atoms with Crippen LogP contribution in [0.2, 0.25) is 0 Å². The first-order valence-corrected chi connectivity index (χ1v) is 6.73. The van der Waals surface area contributed by atoms with Gasteiger partial charge in [-0.1, -0.05) is 0 Å². The fourth-order valence-corrected chi connectivity index (χ4v) is 1.80.